The Balaban J connectivity index is 1.60. The Morgan fingerprint density at radius 2 is 2.07 bits per heavy atom. The number of para-hydroxylation sites is 1. The van der Waals surface area contributed by atoms with Gasteiger partial charge in [-0.15, -0.1) is 0 Å². The zero-order valence-corrected chi connectivity index (χ0v) is 17.1. The summed E-state index contributed by atoms with van der Waals surface area (Å²) in [6, 6.07) is 12.4. The largest absolute Gasteiger partial charge is 0.493 e. The number of aryl methyl sites for hydroxylation is 1. The van der Waals surface area contributed by atoms with Gasteiger partial charge in [0.05, 0.1) is 18.6 Å². The molecule has 0 aliphatic carbocycles. The summed E-state index contributed by atoms with van der Waals surface area (Å²) in [5, 5.41) is 3.61. The summed E-state index contributed by atoms with van der Waals surface area (Å²) in [5.41, 5.74) is 2.70. The molecule has 2 heterocycles. The maximum Gasteiger partial charge on any atom is 0.291 e. The van der Waals surface area contributed by atoms with E-state index in [-0.39, 0.29) is 17.4 Å². The first-order valence-electron chi connectivity index (χ1n) is 9.44. The van der Waals surface area contributed by atoms with Gasteiger partial charge in [-0.05, 0) is 55.7 Å². The van der Waals surface area contributed by atoms with Gasteiger partial charge < -0.3 is 14.5 Å². The van der Waals surface area contributed by atoms with Gasteiger partial charge in [0.25, 0.3) is 5.91 Å². The Morgan fingerprint density at radius 1 is 1.24 bits per heavy atom. The van der Waals surface area contributed by atoms with Crippen LogP contribution >= 0.6 is 0 Å². The van der Waals surface area contributed by atoms with Crippen LogP contribution in [0.25, 0.3) is 11.0 Å². The van der Waals surface area contributed by atoms with Crippen LogP contribution in [0.5, 0.6) is 5.75 Å². The smallest absolute Gasteiger partial charge is 0.291 e. The molecule has 4 rings (SSSR count). The average Bonchev–Trinajstić information content (AvgIpc) is 3.17. The third-order valence-electron chi connectivity index (χ3n) is 5.07. The fraction of sp³-hybridized carbons (Fsp3) is 0.286. The Morgan fingerprint density at radius 3 is 2.83 bits per heavy atom. The number of ether oxygens (including phenoxy) is 1. The quantitative estimate of drug-likeness (QED) is 0.686. The van der Waals surface area contributed by atoms with Crippen LogP contribution in [0.2, 0.25) is 0 Å². The first-order valence-corrected chi connectivity index (χ1v) is 11.0. The number of amides is 1. The molecule has 1 N–H and O–H groups in total. The van der Waals surface area contributed by atoms with E-state index < -0.39 is 10.0 Å². The molecule has 0 bridgehead atoms. The van der Waals surface area contributed by atoms with E-state index in [9.17, 15) is 13.2 Å². The standard InChI is InChI=1S/C21H22N2O5S/c1-3-29(25,26)23-11-5-7-14-12-16(9-10-17(14)23)22-21(24)19-13-15-6-4-8-18(27-2)20(15)28-19/h4,6,8-10,12-13H,3,5,7,11H2,1-2H3,(H,22,24). The summed E-state index contributed by atoms with van der Waals surface area (Å²) in [6.45, 7) is 2.12. The zero-order valence-electron chi connectivity index (χ0n) is 16.3. The number of hydrogen-bond acceptors (Lipinski definition) is 5. The van der Waals surface area contributed by atoms with E-state index in [0.717, 1.165) is 23.8 Å². The maximum atomic E-state index is 12.7. The predicted molar refractivity (Wildman–Crippen MR) is 112 cm³/mol. The van der Waals surface area contributed by atoms with Crippen molar-refractivity contribution in [3.63, 3.8) is 0 Å². The minimum Gasteiger partial charge on any atom is -0.493 e. The third-order valence-corrected chi connectivity index (χ3v) is 6.85. The lowest BCUT2D eigenvalue weighted by Gasteiger charge is -2.30. The van der Waals surface area contributed by atoms with Gasteiger partial charge in [0.15, 0.2) is 17.1 Å². The van der Waals surface area contributed by atoms with Gasteiger partial charge in [0.1, 0.15) is 0 Å². The number of nitrogens with one attached hydrogen (secondary N) is 1. The van der Waals surface area contributed by atoms with E-state index >= 15 is 0 Å². The monoisotopic (exact) mass is 414 g/mol. The lowest BCUT2D eigenvalue weighted by atomic mass is 10.0. The number of fused-ring (bicyclic) bond motifs is 2. The van der Waals surface area contributed by atoms with Crippen LogP contribution in [0, 0.1) is 0 Å². The first kappa shape index (κ1) is 19.3. The zero-order chi connectivity index (χ0) is 20.6. The molecule has 29 heavy (non-hydrogen) atoms. The van der Waals surface area contributed by atoms with Crippen molar-refractivity contribution in [1.82, 2.24) is 0 Å². The molecular weight excluding hydrogens is 392 g/mol. The highest BCUT2D eigenvalue weighted by Crippen LogP contribution is 2.32. The van der Waals surface area contributed by atoms with Crippen LogP contribution < -0.4 is 14.4 Å². The van der Waals surface area contributed by atoms with Gasteiger partial charge in [0.2, 0.25) is 10.0 Å². The van der Waals surface area contributed by atoms with Crippen molar-refractivity contribution in [3.05, 3.63) is 53.8 Å². The average molecular weight is 414 g/mol. The number of methoxy groups -OCH3 is 1. The van der Waals surface area contributed by atoms with E-state index in [1.807, 2.05) is 18.2 Å². The number of nitrogens with zero attached hydrogens (tertiary/aromatic N) is 1. The second kappa shape index (κ2) is 7.44. The van der Waals surface area contributed by atoms with Crippen molar-refractivity contribution in [3.8, 4) is 5.75 Å². The lowest BCUT2D eigenvalue weighted by molar-refractivity contribution is 0.0998. The molecule has 1 aromatic heterocycles. The predicted octanol–water partition coefficient (Wildman–Crippen LogP) is 3.80. The molecule has 8 heteroatoms. The molecule has 2 aromatic carbocycles. The van der Waals surface area contributed by atoms with Crippen molar-refractivity contribution in [2.45, 2.75) is 19.8 Å². The normalized spacial score (nSPS) is 13.9. The molecule has 0 atom stereocenters. The number of carbonyl (C=O) groups is 1. The second-order valence-corrected chi connectivity index (χ2v) is 9.05. The van der Waals surface area contributed by atoms with Crippen LogP contribution in [0.4, 0.5) is 11.4 Å². The molecule has 3 aromatic rings. The molecule has 0 radical (unpaired) electrons. The van der Waals surface area contributed by atoms with Crippen molar-refractivity contribution in [2.24, 2.45) is 0 Å². The van der Waals surface area contributed by atoms with E-state index in [4.69, 9.17) is 9.15 Å². The highest BCUT2D eigenvalue weighted by Gasteiger charge is 2.26. The van der Waals surface area contributed by atoms with E-state index in [0.29, 0.717) is 29.3 Å². The van der Waals surface area contributed by atoms with Gasteiger partial charge in [0, 0.05) is 17.6 Å². The summed E-state index contributed by atoms with van der Waals surface area (Å²) in [5.74, 6) is 0.419. The number of anilines is 2. The molecular formula is C21H22N2O5S. The van der Waals surface area contributed by atoms with Gasteiger partial charge in [-0.25, -0.2) is 8.42 Å². The van der Waals surface area contributed by atoms with Crippen LogP contribution in [0.1, 0.15) is 29.5 Å². The number of furan rings is 1. The molecule has 152 valence electrons. The summed E-state index contributed by atoms with van der Waals surface area (Å²) in [6.07, 6.45) is 1.50. The molecule has 1 aliphatic rings. The topological polar surface area (TPSA) is 88.9 Å². The lowest BCUT2D eigenvalue weighted by Crippen LogP contribution is -2.36. The number of carbonyl (C=O) groups excluding carboxylic acids is 1. The minimum atomic E-state index is -3.32. The third kappa shape index (κ3) is 3.55. The maximum absolute atomic E-state index is 12.7. The molecule has 0 unspecified atom stereocenters. The fourth-order valence-electron chi connectivity index (χ4n) is 3.59. The van der Waals surface area contributed by atoms with Crippen LogP contribution in [0.15, 0.2) is 46.9 Å². The van der Waals surface area contributed by atoms with Crippen molar-refractivity contribution in [2.75, 3.05) is 29.0 Å². The number of sulfonamides is 1. The summed E-state index contributed by atoms with van der Waals surface area (Å²) in [7, 11) is -1.77. The molecule has 0 saturated heterocycles. The van der Waals surface area contributed by atoms with E-state index in [1.54, 1.807) is 38.3 Å². The Kier molecular flexibility index (Phi) is 4.96. The highest BCUT2D eigenvalue weighted by atomic mass is 32.2. The number of rotatable bonds is 5. The second-order valence-electron chi connectivity index (χ2n) is 6.86. The highest BCUT2D eigenvalue weighted by molar-refractivity contribution is 7.92. The fourth-order valence-corrected chi connectivity index (χ4v) is 4.78. The van der Waals surface area contributed by atoms with Gasteiger partial charge >= 0.3 is 0 Å². The summed E-state index contributed by atoms with van der Waals surface area (Å²) >= 11 is 0. The van der Waals surface area contributed by atoms with Crippen LogP contribution in [-0.4, -0.2) is 33.7 Å². The Hall–Kier alpha value is -3.00. The molecule has 0 fully saturated rings. The van der Waals surface area contributed by atoms with Gasteiger partial charge in [-0.1, -0.05) is 12.1 Å². The van der Waals surface area contributed by atoms with Crippen LogP contribution in [0.3, 0.4) is 0 Å². The molecule has 1 amide bonds. The molecule has 0 spiro atoms. The first-order chi connectivity index (χ1) is 13.9. The molecule has 7 nitrogen and oxygen atoms in total. The minimum absolute atomic E-state index is 0.0560. The van der Waals surface area contributed by atoms with E-state index in [1.165, 1.54) is 4.31 Å². The van der Waals surface area contributed by atoms with Crippen molar-refractivity contribution >= 4 is 38.3 Å². The Bertz CT molecular complexity index is 1180. The Labute approximate surface area is 169 Å². The SMILES string of the molecule is CCS(=O)(=O)N1CCCc2cc(NC(=O)c3cc4cccc(OC)c4o3)ccc21. The summed E-state index contributed by atoms with van der Waals surface area (Å²) < 4.78 is 37.1. The van der Waals surface area contributed by atoms with Gasteiger partial charge in [-0.2, -0.15) is 0 Å². The van der Waals surface area contributed by atoms with Crippen LogP contribution in [-0.2, 0) is 16.4 Å². The van der Waals surface area contributed by atoms with E-state index in [2.05, 4.69) is 5.32 Å². The number of benzene rings is 2. The summed E-state index contributed by atoms with van der Waals surface area (Å²) in [4.78, 5) is 12.7. The van der Waals surface area contributed by atoms with Crippen molar-refractivity contribution < 1.29 is 22.4 Å². The van der Waals surface area contributed by atoms with Gasteiger partial charge in [-0.3, -0.25) is 9.10 Å². The molecule has 1 aliphatic heterocycles. The molecule has 0 saturated carbocycles. The number of hydrogen-bond donors (Lipinski definition) is 1. The van der Waals surface area contributed by atoms with Crippen molar-refractivity contribution in [1.29, 1.82) is 0 Å².